The standard InChI is InChI=1S/C12H27N5O3S/c1-3-5-11(12(13)15-18)16-7-9-17(10-8-16)21(19,20)14-6-4-2/h11,14,18H,3-10H2,1-2H3,(H2,13,15). The van der Waals surface area contributed by atoms with E-state index in [2.05, 4.69) is 14.8 Å². The highest BCUT2D eigenvalue weighted by Crippen LogP contribution is 2.13. The maximum Gasteiger partial charge on any atom is 0.279 e. The summed E-state index contributed by atoms with van der Waals surface area (Å²) in [4.78, 5) is 2.07. The Balaban J connectivity index is 2.61. The van der Waals surface area contributed by atoms with Crippen molar-refractivity contribution in [3.05, 3.63) is 0 Å². The molecule has 0 aromatic heterocycles. The van der Waals surface area contributed by atoms with Gasteiger partial charge in [0.25, 0.3) is 10.2 Å². The fourth-order valence-electron chi connectivity index (χ4n) is 2.44. The van der Waals surface area contributed by atoms with Gasteiger partial charge < -0.3 is 10.9 Å². The van der Waals surface area contributed by atoms with E-state index in [4.69, 9.17) is 10.9 Å². The number of nitrogens with zero attached hydrogens (tertiary/aromatic N) is 3. The molecule has 1 aliphatic rings. The van der Waals surface area contributed by atoms with E-state index in [1.54, 1.807) is 0 Å². The molecule has 1 rings (SSSR count). The Hall–Kier alpha value is -0.900. The summed E-state index contributed by atoms with van der Waals surface area (Å²) in [5, 5.41) is 12.0. The second-order valence-electron chi connectivity index (χ2n) is 5.16. The van der Waals surface area contributed by atoms with Crippen LogP contribution in [0.5, 0.6) is 0 Å². The Morgan fingerprint density at radius 3 is 2.38 bits per heavy atom. The summed E-state index contributed by atoms with van der Waals surface area (Å²) in [6, 6.07) is -0.131. The van der Waals surface area contributed by atoms with Gasteiger partial charge in [-0.2, -0.15) is 12.7 Å². The second-order valence-corrected chi connectivity index (χ2v) is 6.92. The SMILES string of the molecule is CCCNS(=O)(=O)N1CCN(C(CCC)C(N)=NO)CC1. The first-order chi connectivity index (χ1) is 9.96. The average molecular weight is 321 g/mol. The molecule has 0 aromatic rings. The fourth-order valence-corrected chi connectivity index (χ4v) is 3.72. The van der Waals surface area contributed by atoms with E-state index in [1.807, 2.05) is 13.8 Å². The topological polar surface area (TPSA) is 111 Å². The van der Waals surface area contributed by atoms with Crippen molar-refractivity contribution in [3.63, 3.8) is 0 Å². The van der Waals surface area contributed by atoms with Crippen LogP contribution in [0.15, 0.2) is 5.16 Å². The van der Waals surface area contributed by atoms with E-state index in [1.165, 1.54) is 4.31 Å². The first kappa shape index (κ1) is 18.1. The second kappa shape index (κ2) is 8.52. The monoisotopic (exact) mass is 321 g/mol. The van der Waals surface area contributed by atoms with Gasteiger partial charge in [0, 0.05) is 32.7 Å². The van der Waals surface area contributed by atoms with E-state index in [0.29, 0.717) is 32.7 Å². The zero-order valence-electron chi connectivity index (χ0n) is 12.8. The third-order valence-electron chi connectivity index (χ3n) is 3.61. The zero-order chi connectivity index (χ0) is 15.9. The van der Waals surface area contributed by atoms with Gasteiger partial charge in [0.05, 0.1) is 6.04 Å². The van der Waals surface area contributed by atoms with Crippen molar-refractivity contribution in [2.75, 3.05) is 32.7 Å². The Bertz CT molecular complexity index is 432. The molecule has 1 unspecified atom stereocenters. The minimum atomic E-state index is -3.39. The van der Waals surface area contributed by atoms with Crippen molar-refractivity contribution in [2.45, 2.75) is 39.2 Å². The smallest absolute Gasteiger partial charge is 0.279 e. The van der Waals surface area contributed by atoms with Gasteiger partial charge in [0.15, 0.2) is 5.84 Å². The lowest BCUT2D eigenvalue weighted by molar-refractivity contribution is 0.157. The van der Waals surface area contributed by atoms with Crippen molar-refractivity contribution >= 4 is 16.0 Å². The van der Waals surface area contributed by atoms with Gasteiger partial charge in [-0.3, -0.25) is 4.90 Å². The van der Waals surface area contributed by atoms with Gasteiger partial charge in [0.2, 0.25) is 0 Å². The average Bonchev–Trinajstić information content (AvgIpc) is 2.50. The van der Waals surface area contributed by atoms with Crippen LogP contribution in [0.3, 0.4) is 0 Å². The Labute approximate surface area is 127 Å². The van der Waals surface area contributed by atoms with E-state index in [9.17, 15) is 8.42 Å². The maximum atomic E-state index is 12.0. The first-order valence-corrected chi connectivity index (χ1v) is 8.86. The number of rotatable bonds is 8. The predicted molar refractivity (Wildman–Crippen MR) is 82.5 cm³/mol. The Kier molecular flexibility index (Phi) is 7.36. The van der Waals surface area contributed by atoms with Gasteiger partial charge >= 0.3 is 0 Å². The zero-order valence-corrected chi connectivity index (χ0v) is 13.6. The molecule has 9 heteroatoms. The normalized spacial score (nSPS) is 20.6. The van der Waals surface area contributed by atoms with Gasteiger partial charge in [0.1, 0.15) is 0 Å². The van der Waals surface area contributed by atoms with E-state index in [0.717, 1.165) is 19.3 Å². The number of hydrogen-bond acceptors (Lipinski definition) is 5. The predicted octanol–water partition coefficient (Wildman–Crippen LogP) is -0.236. The lowest BCUT2D eigenvalue weighted by atomic mass is 10.1. The summed E-state index contributed by atoms with van der Waals surface area (Å²) in [6.07, 6.45) is 2.47. The number of amidine groups is 1. The van der Waals surface area contributed by atoms with Crippen molar-refractivity contribution in [1.29, 1.82) is 0 Å². The lowest BCUT2D eigenvalue weighted by Gasteiger charge is -2.38. The number of oxime groups is 1. The van der Waals surface area contributed by atoms with Gasteiger partial charge in [-0.1, -0.05) is 25.4 Å². The molecule has 4 N–H and O–H groups in total. The highest BCUT2D eigenvalue weighted by Gasteiger charge is 2.30. The van der Waals surface area contributed by atoms with Gasteiger partial charge in [-0.15, -0.1) is 0 Å². The van der Waals surface area contributed by atoms with Crippen LogP contribution in [0.25, 0.3) is 0 Å². The summed E-state index contributed by atoms with van der Waals surface area (Å²) in [6.45, 7) is 6.39. The quantitative estimate of drug-likeness (QED) is 0.247. The molecule has 0 bridgehead atoms. The molecule has 21 heavy (non-hydrogen) atoms. The van der Waals surface area contributed by atoms with Gasteiger partial charge in [-0.05, 0) is 12.8 Å². The number of nitrogens with one attached hydrogen (secondary N) is 1. The van der Waals surface area contributed by atoms with Crippen LogP contribution < -0.4 is 10.5 Å². The van der Waals surface area contributed by atoms with Crippen LogP contribution in [0, 0.1) is 0 Å². The molecule has 1 fully saturated rings. The third kappa shape index (κ3) is 5.10. The molecule has 1 saturated heterocycles. The molecule has 0 aromatic carbocycles. The fraction of sp³-hybridized carbons (Fsp3) is 0.917. The van der Waals surface area contributed by atoms with Crippen LogP contribution in [-0.2, 0) is 10.2 Å². The molecule has 0 amide bonds. The lowest BCUT2D eigenvalue weighted by Crippen LogP contribution is -2.56. The number of piperazine rings is 1. The Morgan fingerprint density at radius 1 is 1.29 bits per heavy atom. The molecular weight excluding hydrogens is 294 g/mol. The summed E-state index contributed by atoms with van der Waals surface area (Å²) in [5.41, 5.74) is 5.73. The molecule has 1 heterocycles. The Morgan fingerprint density at radius 2 is 1.90 bits per heavy atom. The third-order valence-corrected chi connectivity index (χ3v) is 5.22. The van der Waals surface area contributed by atoms with Crippen LogP contribution in [0.4, 0.5) is 0 Å². The number of hydrogen-bond donors (Lipinski definition) is 3. The molecular formula is C12H27N5O3S. The van der Waals surface area contributed by atoms with E-state index in [-0.39, 0.29) is 11.9 Å². The molecule has 124 valence electrons. The first-order valence-electron chi connectivity index (χ1n) is 7.42. The highest BCUT2D eigenvalue weighted by atomic mass is 32.2. The molecule has 8 nitrogen and oxygen atoms in total. The van der Waals surface area contributed by atoms with E-state index < -0.39 is 10.2 Å². The maximum absolute atomic E-state index is 12.0. The molecule has 0 radical (unpaired) electrons. The molecule has 0 aliphatic carbocycles. The van der Waals surface area contributed by atoms with Crippen molar-refractivity contribution in [1.82, 2.24) is 13.9 Å². The molecule has 0 saturated carbocycles. The van der Waals surface area contributed by atoms with Gasteiger partial charge in [-0.25, -0.2) is 4.72 Å². The highest BCUT2D eigenvalue weighted by molar-refractivity contribution is 7.87. The van der Waals surface area contributed by atoms with Crippen LogP contribution >= 0.6 is 0 Å². The molecule has 1 aliphatic heterocycles. The largest absolute Gasteiger partial charge is 0.409 e. The summed E-state index contributed by atoms with van der Waals surface area (Å²) < 4.78 is 28.1. The minimum Gasteiger partial charge on any atom is -0.409 e. The van der Waals surface area contributed by atoms with Crippen LogP contribution in [0.1, 0.15) is 33.1 Å². The van der Waals surface area contributed by atoms with Crippen molar-refractivity contribution < 1.29 is 13.6 Å². The van der Waals surface area contributed by atoms with Crippen LogP contribution in [0.2, 0.25) is 0 Å². The minimum absolute atomic E-state index is 0.131. The molecule has 0 spiro atoms. The van der Waals surface area contributed by atoms with E-state index >= 15 is 0 Å². The summed E-state index contributed by atoms with van der Waals surface area (Å²) in [5.74, 6) is 0.192. The number of nitrogens with two attached hydrogens (primary N) is 1. The van der Waals surface area contributed by atoms with Crippen molar-refractivity contribution in [3.8, 4) is 0 Å². The van der Waals surface area contributed by atoms with Crippen LogP contribution in [-0.4, -0.2) is 67.4 Å². The summed E-state index contributed by atoms with van der Waals surface area (Å²) in [7, 11) is -3.39. The van der Waals surface area contributed by atoms with Crippen molar-refractivity contribution in [2.24, 2.45) is 10.9 Å². The summed E-state index contributed by atoms with van der Waals surface area (Å²) >= 11 is 0. The molecule has 1 atom stereocenters.